The fourth-order valence-electron chi connectivity index (χ4n) is 3.05. The average molecular weight is 418 g/mol. The van der Waals surface area contributed by atoms with Crippen molar-refractivity contribution in [1.29, 1.82) is 0 Å². The standard InChI is InChI=1S/C21H27N3O4S/c1-16-3-7-19(8-4-16)29(26,27)23-20-15-18(6-5-17(20)2)21(25)22-9-10-24-11-13-28-14-12-24/h3-8,15,23H,9-14H2,1-2H3,(H,22,25). The van der Waals surface area contributed by atoms with Crippen molar-refractivity contribution in [3.63, 3.8) is 0 Å². The molecule has 0 spiro atoms. The van der Waals surface area contributed by atoms with E-state index in [1.54, 1.807) is 49.4 Å². The van der Waals surface area contributed by atoms with Gasteiger partial charge in [0, 0.05) is 31.7 Å². The van der Waals surface area contributed by atoms with Crippen LogP contribution in [-0.4, -0.2) is 58.6 Å². The second kappa shape index (κ2) is 9.39. The molecule has 156 valence electrons. The monoisotopic (exact) mass is 417 g/mol. The molecule has 1 aliphatic heterocycles. The third kappa shape index (κ3) is 5.79. The largest absolute Gasteiger partial charge is 0.379 e. The number of nitrogens with zero attached hydrogens (tertiary/aromatic N) is 1. The number of rotatable bonds is 7. The summed E-state index contributed by atoms with van der Waals surface area (Å²) in [6.45, 7) is 8.15. The van der Waals surface area contributed by atoms with E-state index in [1.165, 1.54) is 0 Å². The maximum atomic E-state index is 12.7. The molecule has 2 aromatic rings. The Morgan fingerprint density at radius 1 is 1.07 bits per heavy atom. The highest BCUT2D eigenvalue weighted by atomic mass is 32.2. The Hall–Kier alpha value is -2.42. The molecule has 1 saturated heterocycles. The molecule has 0 atom stereocenters. The Balaban J connectivity index is 1.65. The van der Waals surface area contributed by atoms with E-state index in [-0.39, 0.29) is 10.8 Å². The number of carbonyl (C=O) groups is 1. The number of anilines is 1. The zero-order chi connectivity index (χ0) is 20.9. The normalized spacial score (nSPS) is 15.1. The lowest BCUT2D eigenvalue weighted by Gasteiger charge is -2.26. The molecule has 8 heteroatoms. The fourth-order valence-corrected chi connectivity index (χ4v) is 4.17. The van der Waals surface area contributed by atoms with Crippen molar-refractivity contribution in [2.75, 3.05) is 44.1 Å². The first-order valence-electron chi connectivity index (χ1n) is 9.63. The second-order valence-electron chi connectivity index (χ2n) is 7.16. The molecular formula is C21H27N3O4S. The quantitative estimate of drug-likeness (QED) is 0.721. The highest BCUT2D eigenvalue weighted by Crippen LogP contribution is 2.21. The van der Waals surface area contributed by atoms with Gasteiger partial charge in [0.1, 0.15) is 0 Å². The van der Waals surface area contributed by atoms with Crippen molar-refractivity contribution >= 4 is 21.6 Å². The SMILES string of the molecule is Cc1ccc(S(=O)(=O)Nc2cc(C(=O)NCCN3CCOCC3)ccc2C)cc1. The van der Waals surface area contributed by atoms with Gasteiger partial charge >= 0.3 is 0 Å². The summed E-state index contributed by atoms with van der Waals surface area (Å²) in [5.41, 5.74) is 2.53. The molecule has 1 fully saturated rings. The van der Waals surface area contributed by atoms with Crippen LogP contribution in [0.15, 0.2) is 47.4 Å². The van der Waals surface area contributed by atoms with Crippen LogP contribution in [0.4, 0.5) is 5.69 Å². The summed E-state index contributed by atoms with van der Waals surface area (Å²) in [6, 6.07) is 11.6. The molecule has 0 bridgehead atoms. The zero-order valence-corrected chi connectivity index (χ0v) is 17.6. The fraction of sp³-hybridized carbons (Fsp3) is 0.381. The van der Waals surface area contributed by atoms with Gasteiger partial charge in [-0.2, -0.15) is 0 Å². The van der Waals surface area contributed by atoms with Crippen molar-refractivity contribution in [3.05, 3.63) is 59.2 Å². The number of benzene rings is 2. The molecule has 2 aromatic carbocycles. The minimum absolute atomic E-state index is 0.183. The van der Waals surface area contributed by atoms with Gasteiger partial charge in [0.15, 0.2) is 0 Å². The minimum Gasteiger partial charge on any atom is -0.379 e. The summed E-state index contributed by atoms with van der Waals surface area (Å²) in [4.78, 5) is 14.9. The Labute approximate surface area is 172 Å². The predicted molar refractivity (Wildman–Crippen MR) is 113 cm³/mol. The number of sulfonamides is 1. The second-order valence-corrected chi connectivity index (χ2v) is 8.84. The Kier molecular flexibility index (Phi) is 6.89. The van der Waals surface area contributed by atoms with Gasteiger partial charge in [-0.1, -0.05) is 23.8 Å². The van der Waals surface area contributed by atoms with Crippen LogP contribution in [0.25, 0.3) is 0 Å². The van der Waals surface area contributed by atoms with E-state index < -0.39 is 10.0 Å². The topological polar surface area (TPSA) is 87.7 Å². The van der Waals surface area contributed by atoms with E-state index in [0.717, 1.165) is 44.0 Å². The number of amides is 1. The first kappa shape index (κ1) is 21.3. The van der Waals surface area contributed by atoms with Gasteiger partial charge in [0.2, 0.25) is 0 Å². The summed E-state index contributed by atoms with van der Waals surface area (Å²) in [7, 11) is -3.73. The smallest absolute Gasteiger partial charge is 0.261 e. The number of hydrogen-bond acceptors (Lipinski definition) is 5. The molecule has 29 heavy (non-hydrogen) atoms. The van der Waals surface area contributed by atoms with Crippen molar-refractivity contribution in [2.24, 2.45) is 0 Å². The molecule has 0 unspecified atom stereocenters. The molecule has 1 heterocycles. The van der Waals surface area contributed by atoms with Gasteiger partial charge in [0.25, 0.3) is 15.9 Å². The summed E-state index contributed by atoms with van der Waals surface area (Å²) in [6.07, 6.45) is 0. The van der Waals surface area contributed by atoms with Gasteiger partial charge in [-0.25, -0.2) is 8.42 Å². The molecule has 1 aliphatic rings. The van der Waals surface area contributed by atoms with Crippen LogP contribution in [0.5, 0.6) is 0 Å². The summed E-state index contributed by atoms with van der Waals surface area (Å²) in [5.74, 6) is -0.228. The number of ether oxygens (including phenoxy) is 1. The van der Waals surface area contributed by atoms with Gasteiger partial charge in [0.05, 0.1) is 23.8 Å². The zero-order valence-electron chi connectivity index (χ0n) is 16.8. The van der Waals surface area contributed by atoms with E-state index in [4.69, 9.17) is 4.74 Å². The van der Waals surface area contributed by atoms with Crippen LogP contribution in [0.3, 0.4) is 0 Å². The lowest BCUT2D eigenvalue weighted by atomic mass is 10.1. The minimum atomic E-state index is -3.73. The summed E-state index contributed by atoms with van der Waals surface area (Å²) in [5, 5.41) is 2.90. The molecule has 7 nitrogen and oxygen atoms in total. The van der Waals surface area contributed by atoms with Gasteiger partial charge in [-0.05, 0) is 43.7 Å². The maximum absolute atomic E-state index is 12.7. The number of morpholine rings is 1. The van der Waals surface area contributed by atoms with E-state index in [1.807, 2.05) is 6.92 Å². The van der Waals surface area contributed by atoms with E-state index in [9.17, 15) is 13.2 Å². The van der Waals surface area contributed by atoms with Crippen LogP contribution in [0.2, 0.25) is 0 Å². The van der Waals surface area contributed by atoms with Crippen molar-refractivity contribution in [3.8, 4) is 0 Å². The number of carbonyl (C=O) groups excluding carboxylic acids is 1. The van der Waals surface area contributed by atoms with Gasteiger partial charge in [-0.15, -0.1) is 0 Å². The van der Waals surface area contributed by atoms with E-state index in [2.05, 4.69) is 14.9 Å². The first-order chi connectivity index (χ1) is 13.8. The number of nitrogens with one attached hydrogen (secondary N) is 2. The van der Waals surface area contributed by atoms with Crippen molar-refractivity contribution in [2.45, 2.75) is 18.7 Å². The lowest BCUT2D eigenvalue weighted by molar-refractivity contribution is 0.0383. The molecule has 0 aliphatic carbocycles. The van der Waals surface area contributed by atoms with Crippen LogP contribution < -0.4 is 10.0 Å². The Morgan fingerprint density at radius 3 is 2.45 bits per heavy atom. The molecule has 3 rings (SSSR count). The van der Waals surface area contributed by atoms with E-state index in [0.29, 0.717) is 17.8 Å². The van der Waals surface area contributed by atoms with Crippen LogP contribution in [0.1, 0.15) is 21.5 Å². The van der Waals surface area contributed by atoms with Crippen molar-refractivity contribution in [1.82, 2.24) is 10.2 Å². The lowest BCUT2D eigenvalue weighted by Crippen LogP contribution is -2.41. The number of aryl methyl sites for hydroxylation is 2. The average Bonchev–Trinajstić information content (AvgIpc) is 2.70. The maximum Gasteiger partial charge on any atom is 0.261 e. The molecule has 2 N–H and O–H groups in total. The predicted octanol–water partition coefficient (Wildman–Crippen LogP) is 2.17. The van der Waals surface area contributed by atoms with Gasteiger partial charge in [-0.3, -0.25) is 14.4 Å². The summed E-state index contributed by atoms with van der Waals surface area (Å²) >= 11 is 0. The number of hydrogen-bond donors (Lipinski definition) is 2. The highest BCUT2D eigenvalue weighted by Gasteiger charge is 2.17. The molecular weight excluding hydrogens is 390 g/mol. The molecule has 0 saturated carbocycles. The Morgan fingerprint density at radius 2 is 1.76 bits per heavy atom. The Bertz CT molecular complexity index is 952. The molecule has 0 aromatic heterocycles. The summed E-state index contributed by atoms with van der Waals surface area (Å²) < 4.78 is 33.2. The molecule has 1 amide bonds. The van der Waals surface area contributed by atoms with Crippen molar-refractivity contribution < 1.29 is 17.9 Å². The highest BCUT2D eigenvalue weighted by molar-refractivity contribution is 7.92. The van der Waals surface area contributed by atoms with E-state index >= 15 is 0 Å². The van der Waals surface area contributed by atoms with Crippen LogP contribution in [-0.2, 0) is 14.8 Å². The third-order valence-corrected chi connectivity index (χ3v) is 6.27. The first-order valence-corrected chi connectivity index (χ1v) is 11.1. The van der Waals surface area contributed by atoms with Gasteiger partial charge < -0.3 is 10.1 Å². The van der Waals surface area contributed by atoms with Crippen LogP contribution >= 0.6 is 0 Å². The molecule has 0 radical (unpaired) electrons. The third-order valence-electron chi connectivity index (χ3n) is 4.89. The van der Waals surface area contributed by atoms with Crippen LogP contribution in [0, 0.1) is 13.8 Å².